The van der Waals surface area contributed by atoms with Crippen LogP contribution in [0.1, 0.15) is 31.9 Å². The molecule has 2 rings (SSSR count). The molecule has 5 nitrogen and oxygen atoms in total. The van der Waals surface area contributed by atoms with Gasteiger partial charge in [0.15, 0.2) is 0 Å². The number of ether oxygens (including phenoxy) is 1. The van der Waals surface area contributed by atoms with Crippen molar-refractivity contribution in [3.63, 3.8) is 0 Å². The Morgan fingerprint density at radius 2 is 2.27 bits per heavy atom. The summed E-state index contributed by atoms with van der Waals surface area (Å²) >= 11 is 0. The molecule has 0 saturated carbocycles. The fraction of sp³-hybridized carbons (Fsp3) is 0.562. The first-order chi connectivity index (χ1) is 10.4. The van der Waals surface area contributed by atoms with Crippen molar-refractivity contribution in [1.29, 1.82) is 0 Å². The Morgan fingerprint density at radius 3 is 2.91 bits per heavy atom. The van der Waals surface area contributed by atoms with Crippen LogP contribution < -0.4 is 10.1 Å². The van der Waals surface area contributed by atoms with Crippen LogP contribution in [0.25, 0.3) is 0 Å². The molecule has 0 bridgehead atoms. The summed E-state index contributed by atoms with van der Waals surface area (Å²) in [6, 6.07) is 3.56. The van der Waals surface area contributed by atoms with Gasteiger partial charge in [0.2, 0.25) is 0 Å². The Kier molecular flexibility index (Phi) is 5.24. The number of nitrogens with zero attached hydrogens (tertiary/aromatic N) is 1. The van der Waals surface area contributed by atoms with Gasteiger partial charge in [-0.1, -0.05) is 6.92 Å². The summed E-state index contributed by atoms with van der Waals surface area (Å²) in [6.07, 6.45) is 0.269. The second kappa shape index (κ2) is 6.96. The van der Waals surface area contributed by atoms with Gasteiger partial charge in [-0.2, -0.15) is 0 Å². The highest BCUT2D eigenvalue weighted by atomic mass is 19.1. The number of β-amino-alcohol motifs (C(OH)–C–C–N with tert-alkyl or cyclic N) is 1. The summed E-state index contributed by atoms with van der Waals surface area (Å²) in [5.41, 5.74) is 0.585. The highest BCUT2D eigenvalue weighted by molar-refractivity contribution is 5.75. The molecule has 3 unspecified atom stereocenters. The van der Waals surface area contributed by atoms with Gasteiger partial charge in [0.05, 0.1) is 19.3 Å². The number of halogens is 1. The summed E-state index contributed by atoms with van der Waals surface area (Å²) in [6.45, 7) is 4.68. The highest BCUT2D eigenvalue weighted by Gasteiger charge is 2.28. The number of carbonyl (C=O) groups is 1. The zero-order chi connectivity index (χ0) is 16.3. The third-order valence-electron chi connectivity index (χ3n) is 4.20. The lowest BCUT2D eigenvalue weighted by Gasteiger charge is -2.35. The predicted molar refractivity (Wildman–Crippen MR) is 81.3 cm³/mol. The van der Waals surface area contributed by atoms with Gasteiger partial charge in [-0.05, 0) is 37.5 Å². The maximum absolute atomic E-state index is 13.4. The van der Waals surface area contributed by atoms with Crippen LogP contribution in [0.5, 0.6) is 5.75 Å². The molecule has 3 atom stereocenters. The van der Waals surface area contributed by atoms with Crippen LogP contribution in [-0.2, 0) is 0 Å². The predicted octanol–water partition coefficient (Wildman–Crippen LogP) is 2.31. The molecule has 0 aromatic heterocycles. The molecule has 1 aromatic rings. The Labute approximate surface area is 130 Å². The number of urea groups is 1. The van der Waals surface area contributed by atoms with Gasteiger partial charge < -0.3 is 20.1 Å². The van der Waals surface area contributed by atoms with Crippen molar-refractivity contribution in [2.45, 2.75) is 32.4 Å². The van der Waals surface area contributed by atoms with Crippen LogP contribution in [0, 0.1) is 11.7 Å². The summed E-state index contributed by atoms with van der Waals surface area (Å²) < 4.78 is 18.6. The minimum Gasteiger partial charge on any atom is -0.496 e. The molecule has 2 N–H and O–H groups in total. The average molecular weight is 310 g/mol. The summed E-state index contributed by atoms with van der Waals surface area (Å²) in [5, 5.41) is 12.7. The number of amides is 2. The third-order valence-corrected chi connectivity index (χ3v) is 4.20. The van der Waals surface area contributed by atoms with Gasteiger partial charge in [-0.15, -0.1) is 0 Å². The molecule has 6 heteroatoms. The molecule has 0 spiro atoms. The molecule has 1 aliphatic rings. The summed E-state index contributed by atoms with van der Waals surface area (Å²) in [5.74, 6) is 0.352. The molecule has 1 saturated heterocycles. The number of benzene rings is 1. The first kappa shape index (κ1) is 16.5. The largest absolute Gasteiger partial charge is 0.496 e. The molecule has 2 amide bonds. The number of hydrogen-bond acceptors (Lipinski definition) is 3. The van der Waals surface area contributed by atoms with Gasteiger partial charge in [0, 0.05) is 18.7 Å². The van der Waals surface area contributed by atoms with Crippen molar-refractivity contribution < 1.29 is 19.0 Å². The Balaban J connectivity index is 2.04. The van der Waals surface area contributed by atoms with Crippen LogP contribution in [0.3, 0.4) is 0 Å². The smallest absolute Gasteiger partial charge is 0.317 e. The lowest BCUT2D eigenvalue weighted by atomic mass is 9.96. The van der Waals surface area contributed by atoms with E-state index in [0.717, 1.165) is 6.42 Å². The van der Waals surface area contributed by atoms with E-state index in [-0.39, 0.29) is 17.8 Å². The van der Waals surface area contributed by atoms with Crippen molar-refractivity contribution in [3.8, 4) is 5.75 Å². The highest BCUT2D eigenvalue weighted by Crippen LogP contribution is 2.26. The summed E-state index contributed by atoms with van der Waals surface area (Å²) in [7, 11) is 1.51. The second-order valence-electron chi connectivity index (χ2n) is 5.84. The first-order valence-electron chi connectivity index (χ1n) is 7.49. The standard InChI is InChI=1S/C16H23FN2O3/c1-10-6-7-19(9-14(10)20)16(21)18-11(2)13-8-12(17)4-5-15(13)22-3/h4-5,8,10-11,14,20H,6-7,9H2,1-3H3,(H,18,21). The number of rotatable bonds is 3. The lowest BCUT2D eigenvalue weighted by molar-refractivity contribution is 0.0431. The SMILES string of the molecule is COc1ccc(F)cc1C(C)NC(=O)N1CCC(C)C(O)C1. The zero-order valence-corrected chi connectivity index (χ0v) is 13.2. The molecule has 0 radical (unpaired) electrons. The van der Waals surface area contributed by atoms with Crippen LogP contribution in [-0.4, -0.2) is 42.3 Å². The number of nitrogens with one attached hydrogen (secondary N) is 1. The summed E-state index contributed by atoms with van der Waals surface area (Å²) in [4.78, 5) is 13.9. The number of piperidine rings is 1. The molecule has 1 aliphatic heterocycles. The van der Waals surface area contributed by atoms with E-state index in [1.807, 2.05) is 6.92 Å². The van der Waals surface area contributed by atoms with Crippen molar-refractivity contribution >= 4 is 6.03 Å². The molecule has 1 aromatic carbocycles. The first-order valence-corrected chi connectivity index (χ1v) is 7.49. The molecular formula is C16H23FN2O3. The van der Waals surface area contributed by atoms with E-state index in [2.05, 4.69) is 5.32 Å². The molecule has 1 heterocycles. The van der Waals surface area contributed by atoms with E-state index in [0.29, 0.717) is 24.4 Å². The van der Waals surface area contributed by atoms with Crippen LogP contribution >= 0.6 is 0 Å². The van der Waals surface area contributed by atoms with E-state index in [9.17, 15) is 14.3 Å². The van der Waals surface area contributed by atoms with Crippen molar-refractivity contribution in [2.24, 2.45) is 5.92 Å². The number of methoxy groups -OCH3 is 1. The maximum Gasteiger partial charge on any atom is 0.317 e. The average Bonchev–Trinajstić information content (AvgIpc) is 2.49. The quantitative estimate of drug-likeness (QED) is 0.900. The fourth-order valence-corrected chi connectivity index (χ4v) is 2.63. The van der Waals surface area contributed by atoms with Crippen molar-refractivity contribution in [3.05, 3.63) is 29.6 Å². The van der Waals surface area contributed by atoms with Gasteiger partial charge in [0.1, 0.15) is 11.6 Å². The fourth-order valence-electron chi connectivity index (χ4n) is 2.63. The normalized spacial score (nSPS) is 23.0. The Morgan fingerprint density at radius 1 is 1.55 bits per heavy atom. The number of hydrogen-bond donors (Lipinski definition) is 2. The van der Waals surface area contributed by atoms with Crippen molar-refractivity contribution in [1.82, 2.24) is 10.2 Å². The Bertz CT molecular complexity index is 538. The minimum absolute atomic E-state index is 0.199. The van der Waals surface area contributed by atoms with Crippen molar-refractivity contribution in [2.75, 3.05) is 20.2 Å². The third kappa shape index (κ3) is 3.68. The molecule has 1 fully saturated rings. The van der Waals surface area contributed by atoms with E-state index in [1.165, 1.54) is 19.2 Å². The molecule has 22 heavy (non-hydrogen) atoms. The monoisotopic (exact) mass is 310 g/mol. The van der Waals surface area contributed by atoms with Crippen LogP contribution in [0.2, 0.25) is 0 Å². The molecular weight excluding hydrogens is 287 g/mol. The van der Waals surface area contributed by atoms with Gasteiger partial charge in [-0.25, -0.2) is 9.18 Å². The van der Waals surface area contributed by atoms with Crippen LogP contribution in [0.4, 0.5) is 9.18 Å². The maximum atomic E-state index is 13.4. The zero-order valence-electron chi connectivity index (χ0n) is 13.2. The molecule has 122 valence electrons. The molecule has 0 aliphatic carbocycles. The van der Waals surface area contributed by atoms with E-state index in [1.54, 1.807) is 17.9 Å². The lowest BCUT2D eigenvalue weighted by Crippen LogP contribution is -2.50. The number of aliphatic hydroxyl groups is 1. The topological polar surface area (TPSA) is 61.8 Å². The second-order valence-corrected chi connectivity index (χ2v) is 5.84. The van der Waals surface area contributed by atoms with Crippen LogP contribution in [0.15, 0.2) is 18.2 Å². The van der Waals surface area contributed by atoms with E-state index in [4.69, 9.17) is 4.74 Å². The number of carbonyl (C=O) groups excluding carboxylic acids is 1. The van der Waals surface area contributed by atoms with E-state index >= 15 is 0 Å². The Hall–Kier alpha value is -1.82. The van der Waals surface area contributed by atoms with E-state index < -0.39 is 12.1 Å². The van der Waals surface area contributed by atoms with Gasteiger partial charge in [0.25, 0.3) is 0 Å². The number of aliphatic hydroxyl groups excluding tert-OH is 1. The number of likely N-dealkylation sites (tertiary alicyclic amines) is 1. The van der Waals surface area contributed by atoms with Gasteiger partial charge in [-0.3, -0.25) is 0 Å². The van der Waals surface area contributed by atoms with Gasteiger partial charge >= 0.3 is 6.03 Å². The minimum atomic E-state index is -0.501.